The van der Waals surface area contributed by atoms with Crippen molar-refractivity contribution in [3.63, 3.8) is 0 Å². The van der Waals surface area contributed by atoms with E-state index in [9.17, 15) is 4.79 Å². The highest BCUT2D eigenvalue weighted by molar-refractivity contribution is 7.99. The van der Waals surface area contributed by atoms with Crippen LogP contribution in [0, 0.1) is 0 Å². The lowest BCUT2D eigenvalue weighted by Crippen LogP contribution is -2.00. The highest BCUT2D eigenvalue weighted by Crippen LogP contribution is 2.26. The van der Waals surface area contributed by atoms with Crippen LogP contribution in [0.1, 0.15) is 23.0 Å². The molecule has 0 aliphatic heterocycles. The first-order valence-corrected chi connectivity index (χ1v) is 6.33. The lowest BCUT2D eigenvalue weighted by Gasteiger charge is -2.05. The molecular formula is C13H12N2O2S. The topological polar surface area (TPSA) is 63.1 Å². The van der Waals surface area contributed by atoms with Crippen LogP contribution in [0.4, 0.5) is 0 Å². The first kappa shape index (κ1) is 12.6. The number of aromatic nitrogens is 2. The van der Waals surface area contributed by atoms with Crippen LogP contribution in [-0.2, 0) is 6.42 Å². The molecule has 0 aromatic carbocycles. The minimum absolute atomic E-state index is 0.276. The Morgan fingerprint density at radius 3 is 2.67 bits per heavy atom. The van der Waals surface area contributed by atoms with E-state index in [2.05, 4.69) is 9.97 Å². The van der Waals surface area contributed by atoms with E-state index < -0.39 is 5.97 Å². The molecule has 0 amide bonds. The maximum Gasteiger partial charge on any atom is 0.335 e. The van der Waals surface area contributed by atoms with Crippen molar-refractivity contribution in [2.45, 2.75) is 23.3 Å². The number of rotatable bonds is 4. The number of aromatic carboxylic acids is 1. The molecule has 0 radical (unpaired) electrons. The van der Waals surface area contributed by atoms with E-state index in [0.29, 0.717) is 11.4 Å². The molecule has 5 heteroatoms. The molecule has 2 aromatic heterocycles. The Labute approximate surface area is 109 Å². The molecule has 0 bridgehead atoms. The summed E-state index contributed by atoms with van der Waals surface area (Å²) in [4.78, 5) is 20.4. The van der Waals surface area contributed by atoms with Crippen molar-refractivity contribution in [2.75, 3.05) is 0 Å². The van der Waals surface area contributed by atoms with E-state index >= 15 is 0 Å². The summed E-state index contributed by atoms with van der Waals surface area (Å²) >= 11 is 1.43. The summed E-state index contributed by atoms with van der Waals surface area (Å²) in [5.41, 5.74) is 1.06. The molecule has 1 N–H and O–H groups in total. The van der Waals surface area contributed by atoms with Crippen molar-refractivity contribution in [1.82, 2.24) is 9.97 Å². The second-order valence-corrected chi connectivity index (χ2v) is 4.72. The maximum absolute atomic E-state index is 11.0. The van der Waals surface area contributed by atoms with E-state index in [1.165, 1.54) is 11.8 Å². The predicted molar refractivity (Wildman–Crippen MR) is 68.9 cm³/mol. The molecule has 2 aromatic rings. The fourth-order valence-electron chi connectivity index (χ4n) is 1.44. The third-order valence-electron chi connectivity index (χ3n) is 2.34. The van der Waals surface area contributed by atoms with Gasteiger partial charge in [0.2, 0.25) is 0 Å². The number of aryl methyl sites for hydroxylation is 1. The number of carboxylic acids is 1. The van der Waals surface area contributed by atoms with Crippen molar-refractivity contribution >= 4 is 17.7 Å². The number of hydrogen-bond donors (Lipinski definition) is 1. The van der Waals surface area contributed by atoms with Crippen LogP contribution < -0.4 is 0 Å². The highest BCUT2D eigenvalue weighted by atomic mass is 32.2. The van der Waals surface area contributed by atoms with Gasteiger partial charge in [0, 0.05) is 23.0 Å². The first-order valence-electron chi connectivity index (χ1n) is 5.51. The van der Waals surface area contributed by atoms with Gasteiger partial charge >= 0.3 is 5.97 Å². The first-order chi connectivity index (χ1) is 8.69. The van der Waals surface area contributed by atoms with Crippen molar-refractivity contribution in [2.24, 2.45) is 0 Å². The molecule has 2 heterocycles. The Balaban J connectivity index is 2.32. The summed E-state index contributed by atoms with van der Waals surface area (Å²) in [7, 11) is 0. The average Bonchev–Trinajstić information content (AvgIpc) is 2.39. The Morgan fingerprint density at radius 2 is 2.06 bits per heavy atom. The Bertz CT molecular complexity index is 558. The lowest BCUT2D eigenvalue weighted by atomic mass is 10.2. The fourth-order valence-corrected chi connectivity index (χ4v) is 2.29. The Kier molecular flexibility index (Phi) is 3.94. The van der Waals surface area contributed by atoms with E-state index in [1.54, 1.807) is 24.5 Å². The molecule has 0 unspecified atom stereocenters. The number of hydrogen-bond acceptors (Lipinski definition) is 4. The van der Waals surface area contributed by atoms with Gasteiger partial charge in [-0.15, -0.1) is 0 Å². The highest BCUT2D eigenvalue weighted by Gasteiger charge is 2.08. The van der Waals surface area contributed by atoms with Crippen LogP contribution in [0.15, 0.2) is 46.6 Å². The van der Waals surface area contributed by atoms with Gasteiger partial charge in [0.15, 0.2) is 0 Å². The Morgan fingerprint density at radius 1 is 1.33 bits per heavy atom. The monoisotopic (exact) mass is 260 g/mol. The van der Waals surface area contributed by atoms with E-state index in [-0.39, 0.29) is 5.56 Å². The number of nitrogens with zero attached hydrogens (tertiary/aromatic N) is 2. The summed E-state index contributed by atoms with van der Waals surface area (Å²) < 4.78 is 0. The zero-order valence-corrected chi connectivity index (χ0v) is 10.6. The van der Waals surface area contributed by atoms with Gasteiger partial charge in [0.25, 0.3) is 0 Å². The van der Waals surface area contributed by atoms with Gasteiger partial charge in [-0.2, -0.15) is 0 Å². The van der Waals surface area contributed by atoms with Crippen LogP contribution in [0.25, 0.3) is 0 Å². The van der Waals surface area contributed by atoms with Crippen molar-refractivity contribution in [3.8, 4) is 0 Å². The molecule has 0 spiro atoms. The minimum atomic E-state index is -0.927. The summed E-state index contributed by atoms with van der Waals surface area (Å²) in [6.07, 6.45) is 4.11. The van der Waals surface area contributed by atoms with Gasteiger partial charge < -0.3 is 5.11 Å². The van der Waals surface area contributed by atoms with Crippen molar-refractivity contribution < 1.29 is 9.90 Å². The Hall–Kier alpha value is -1.88. The predicted octanol–water partition coefficient (Wildman–Crippen LogP) is 2.89. The molecule has 0 saturated heterocycles. The quantitative estimate of drug-likeness (QED) is 0.915. The minimum Gasteiger partial charge on any atom is -0.478 e. The van der Waals surface area contributed by atoms with Gasteiger partial charge in [0.05, 0.1) is 5.56 Å². The second kappa shape index (κ2) is 5.64. The largest absolute Gasteiger partial charge is 0.478 e. The summed E-state index contributed by atoms with van der Waals surface area (Å²) in [6, 6.07) is 6.93. The summed E-state index contributed by atoms with van der Waals surface area (Å²) in [5, 5.41) is 9.74. The van der Waals surface area contributed by atoms with Crippen LogP contribution in [-0.4, -0.2) is 21.0 Å². The maximum atomic E-state index is 11.0. The van der Waals surface area contributed by atoms with Gasteiger partial charge in [-0.1, -0.05) is 18.7 Å². The third kappa shape index (κ3) is 3.07. The lowest BCUT2D eigenvalue weighted by molar-refractivity contribution is 0.0696. The van der Waals surface area contributed by atoms with Crippen molar-refractivity contribution in [3.05, 3.63) is 47.9 Å². The molecule has 0 aliphatic carbocycles. The zero-order valence-electron chi connectivity index (χ0n) is 9.83. The number of carboxylic acid groups (broad SMARTS) is 1. The van der Waals surface area contributed by atoms with Crippen LogP contribution in [0.5, 0.6) is 0 Å². The fraction of sp³-hybridized carbons (Fsp3) is 0.154. The van der Waals surface area contributed by atoms with Crippen LogP contribution in [0.3, 0.4) is 0 Å². The van der Waals surface area contributed by atoms with Gasteiger partial charge in [-0.3, -0.25) is 4.98 Å². The van der Waals surface area contributed by atoms with Gasteiger partial charge in [0.1, 0.15) is 5.03 Å². The molecule has 0 fully saturated rings. The molecule has 92 valence electrons. The van der Waals surface area contributed by atoms with E-state index in [0.717, 1.165) is 10.6 Å². The summed E-state index contributed by atoms with van der Waals surface area (Å²) in [5.74, 6) is -0.927. The van der Waals surface area contributed by atoms with Crippen LogP contribution >= 0.6 is 11.8 Å². The molecule has 4 nitrogen and oxygen atoms in total. The smallest absolute Gasteiger partial charge is 0.335 e. The van der Waals surface area contributed by atoms with Gasteiger partial charge in [-0.25, -0.2) is 9.78 Å². The average molecular weight is 260 g/mol. The number of carbonyl (C=O) groups is 1. The van der Waals surface area contributed by atoms with E-state index in [4.69, 9.17) is 5.11 Å². The second-order valence-electron chi connectivity index (χ2n) is 3.63. The number of pyridine rings is 2. The third-order valence-corrected chi connectivity index (χ3v) is 3.26. The van der Waals surface area contributed by atoms with E-state index in [1.807, 2.05) is 19.1 Å². The van der Waals surface area contributed by atoms with Gasteiger partial charge in [-0.05, 0) is 30.7 Å². The van der Waals surface area contributed by atoms with Crippen molar-refractivity contribution in [1.29, 1.82) is 0 Å². The normalized spacial score (nSPS) is 10.3. The molecule has 18 heavy (non-hydrogen) atoms. The zero-order chi connectivity index (χ0) is 13.0. The summed E-state index contributed by atoms with van der Waals surface area (Å²) in [6.45, 7) is 1.95. The molecule has 2 rings (SSSR count). The van der Waals surface area contributed by atoms with Crippen LogP contribution in [0.2, 0.25) is 0 Å². The molecule has 0 aliphatic rings. The molecule has 0 atom stereocenters. The molecular weight excluding hydrogens is 248 g/mol. The molecule has 0 saturated carbocycles. The standard InChI is InChI=1S/C13H12N2O2S/c1-2-10-7-9(13(16)17)8-12(15-10)18-11-3-5-14-6-4-11/h3-8H,2H2,1H3,(H,16,17). The SMILES string of the molecule is CCc1cc(C(=O)O)cc(Sc2ccncc2)n1.